The monoisotopic (exact) mass is 352 g/mol. The first-order valence-electron chi connectivity index (χ1n) is 7.44. The smallest absolute Gasteiger partial charge is 0.326 e. The molecule has 0 radical (unpaired) electrons. The number of hydrogen-bond donors (Lipinski definition) is 0. The van der Waals surface area contributed by atoms with Crippen LogP contribution in [0.5, 0.6) is 0 Å². The molecule has 0 atom stereocenters. The zero-order chi connectivity index (χ0) is 18.4. The Balaban J connectivity index is 2.51. The molecule has 0 fully saturated rings. The van der Waals surface area contributed by atoms with Gasteiger partial charge in [-0.25, -0.2) is 4.98 Å². The number of nitro groups is 1. The largest absolute Gasteiger partial charge is 0.465 e. The molecule has 2 heterocycles. The maximum atomic E-state index is 12.2. The van der Waals surface area contributed by atoms with Crippen molar-refractivity contribution in [2.24, 2.45) is 0 Å². The van der Waals surface area contributed by atoms with Gasteiger partial charge >= 0.3 is 11.9 Å². The zero-order valence-corrected chi connectivity index (χ0v) is 13.5. The van der Waals surface area contributed by atoms with Crippen LogP contribution in [0.4, 0.5) is 5.69 Å². The number of esters is 2. The van der Waals surface area contributed by atoms with Crippen LogP contribution in [0.3, 0.4) is 0 Å². The lowest BCUT2D eigenvalue weighted by Crippen LogP contribution is -2.28. The molecular formula is C15H16N2O8. The molecule has 0 saturated heterocycles. The predicted octanol–water partition coefficient (Wildman–Crippen LogP) is 1.72. The van der Waals surface area contributed by atoms with Crippen molar-refractivity contribution >= 4 is 17.6 Å². The van der Waals surface area contributed by atoms with Crippen molar-refractivity contribution in [3.05, 3.63) is 46.2 Å². The van der Waals surface area contributed by atoms with Crippen molar-refractivity contribution in [1.29, 1.82) is 0 Å². The molecule has 1 aromatic rings. The summed E-state index contributed by atoms with van der Waals surface area (Å²) in [6, 6.07) is 2.43. The Labute approximate surface area is 142 Å². The van der Waals surface area contributed by atoms with E-state index in [4.69, 9.17) is 18.9 Å². The van der Waals surface area contributed by atoms with Crippen LogP contribution >= 0.6 is 0 Å². The highest BCUT2D eigenvalue weighted by atomic mass is 16.7. The zero-order valence-electron chi connectivity index (χ0n) is 13.5. The van der Waals surface area contributed by atoms with Crippen LogP contribution in [-0.2, 0) is 28.5 Å². The average molecular weight is 352 g/mol. The molecule has 0 saturated carbocycles. The molecule has 0 aliphatic carbocycles. The van der Waals surface area contributed by atoms with Crippen LogP contribution < -0.4 is 0 Å². The van der Waals surface area contributed by atoms with Gasteiger partial charge in [0.1, 0.15) is 23.9 Å². The van der Waals surface area contributed by atoms with E-state index in [1.165, 1.54) is 18.6 Å². The molecule has 10 heteroatoms. The first-order valence-corrected chi connectivity index (χ1v) is 7.44. The standard InChI is InChI=1S/C15H16N2O8/c1-3-22-13(18)11(14(19)23-4-2)12-10(17(20)21)6-5-9(16-12)15-24-7-8-25-15/h5-8,11,15H,3-4H2,1-2H3. The van der Waals surface area contributed by atoms with Crippen LogP contribution in [0.25, 0.3) is 0 Å². The Morgan fingerprint density at radius 3 is 2.24 bits per heavy atom. The number of rotatable bonds is 7. The fourth-order valence-electron chi connectivity index (χ4n) is 2.13. The molecule has 0 aromatic carbocycles. The summed E-state index contributed by atoms with van der Waals surface area (Å²) in [7, 11) is 0. The number of carbonyl (C=O) groups is 2. The molecule has 0 spiro atoms. The number of carbonyl (C=O) groups excluding carboxylic acids is 2. The van der Waals surface area contributed by atoms with Crippen LogP contribution in [0.15, 0.2) is 24.7 Å². The fraction of sp³-hybridized carbons (Fsp3) is 0.400. The number of aromatic nitrogens is 1. The van der Waals surface area contributed by atoms with Gasteiger partial charge in [0.15, 0.2) is 0 Å². The minimum atomic E-state index is -1.69. The second kappa shape index (κ2) is 8.08. The fourth-order valence-corrected chi connectivity index (χ4v) is 2.13. The van der Waals surface area contributed by atoms with E-state index in [2.05, 4.69) is 4.98 Å². The highest BCUT2D eigenvalue weighted by Gasteiger charge is 2.39. The van der Waals surface area contributed by atoms with E-state index in [1.54, 1.807) is 13.8 Å². The van der Waals surface area contributed by atoms with Gasteiger partial charge in [0.25, 0.3) is 12.0 Å². The van der Waals surface area contributed by atoms with E-state index in [0.29, 0.717) is 0 Å². The summed E-state index contributed by atoms with van der Waals surface area (Å²) < 4.78 is 19.9. The van der Waals surface area contributed by atoms with Gasteiger partial charge in [-0.15, -0.1) is 0 Å². The maximum absolute atomic E-state index is 12.2. The van der Waals surface area contributed by atoms with E-state index < -0.39 is 40.5 Å². The highest BCUT2D eigenvalue weighted by Crippen LogP contribution is 2.31. The van der Waals surface area contributed by atoms with Crippen molar-refractivity contribution < 1.29 is 33.5 Å². The SMILES string of the molecule is CCOC(=O)C(C(=O)OCC)c1nc(C2OC=CO2)ccc1[N+](=O)[O-]. The first-order chi connectivity index (χ1) is 12.0. The summed E-state index contributed by atoms with van der Waals surface area (Å²) in [5, 5.41) is 11.3. The average Bonchev–Trinajstić information content (AvgIpc) is 3.09. The van der Waals surface area contributed by atoms with Crippen molar-refractivity contribution in [2.75, 3.05) is 13.2 Å². The predicted molar refractivity (Wildman–Crippen MR) is 80.9 cm³/mol. The normalized spacial score (nSPS) is 13.2. The Kier molecular flexibility index (Phi) is 5.88. The molecule has 1 aliphatic rings. The number of pyridine rings is 1. The molecule has 1 aromatic heterocycles. The van der Waals surface area contributed by atoms with E-state index >= 15 is 0 Å². The van der Waals surface area contributed by atoms with Crippen LogP contribution in [-0.4, -0.2) is 35.1 Å². The van der Waals surface area contributed by atoms with E-state index in [1.807, 2.05) is 0 Å². The van der Waals surface area contributed by atoms with Crippen LogP contribution in [0.2, 0.25) is 0 Å². The van der Waals surface area contributed by atoms with Crippen molar-refractivity contribution in [3.63, 3.8) is 0 Å². The number of ether oxygens (including phenoxy) is 4. The molecule has 0 bridgehead atoms. The molecule has 0 amide bonds. The number of nitrogens with zero attached hydrogens (tertiary/aromatic N) is 2. The summed E-state index contributed by atoms with van der Waals surface area (Å²) in [5.74, 6) is -3.66. The lowest BCUT2D eigenvalue weighted by molar-refractivity contribution is -0.386. The summed E-state index contributed by atoms with van der Waals surface area (Å²) in [6.45, 7) is 3.07. The van der Waals surface area contributed by atoms with Crippen molar-refractivity contribution in [3.8, 4) is 0 Å². The molecule has 0 unspecified atom stereocenters. The summed E-state index contributed by atoms with van der Waals surface area (Å²) in [5.41, 5.74) is -0.747. The molecule has 2 rings (SSSR count). The van der Waals surface area contributed by atoms with E-state index in [-0.39, 0.29) is 18.9 Å². The molecule has 10 nitrogen and oxygen atoms in total. The molecular weight excluding hydrogens is 336 g/mol. The lowest BCUT2D eigenvalue weighted by atomic mass is 10.0. The quantitative estimate of drug-likeness (QED) is 0.312. The minimum absolute atomic E-state index is 0.0129. The van der Waals surface area contributed by atoms with Gasteiger partial charge < -0.3 is 18.9 Å². The third-order valence-electron chi connectivity index (χ3n) is 3.14. The number of hydrogen-bond acceptors (Lipinski definition) is 9. The Morgan fingerprint density at radius 1 is 1.20 bits per heavy atom. The first kappa shape index (κ1) is 18.2. The Bertz CT molecular complexity index is 677. The second-order valence-electron chi connectivity index (χ2n) is 4.71. The van der Waals surface area contributed by atoms with Gasteiger partial charge in [-0.3, -0.25) is 19.7 Å². The summed E-state index contributed by atoms with van der Waals surface area (Å²) in [6.07, 6.45) is 1.63. The Hall–Kier alpha value is -3.17. The van der Waals surface area contributed by atoms with Gasteiger partial charge in [0.05, 0.1) is 18.1 Å². The van der Waals surface area contributed by atoms with Gasteiger partial charge in [-0.1, -0.05) is 0 Å². The van der Waals surface area contributed by atoms with Crippen molar-refractivity contribution in [2.45, 2.75) is 26.1 Å². The van der Waals surface area contributed by atoms with Gasteiger partial charge in [0, 0.05) is 6.07 Å². The Morgan fingerprint density at radius 2 is 1.76 bits per heavy atom. The van der Waals surface area contributed by atoms with Crippen LogP contribution in [0.1, 0.15) is 37.4 Å². The van der Waals surface area contributed by atoms with Crippen LogP contribution in [0, 0.1) is 10.1 Å². The molecule has 1 aliphatic heterocycles. The molecule has 0 N–H and O–H groups in total. The maximum Gasteiger partial charge on any atom is 0.326 e. The summed E-state index contributed by atoms with van der Waals surface area (Å²) in [4.78, 5) is 39.0. The minimum Gasteiger partial charge on any atom is -0.465 e. The van der Waals surface area contributed by atoms with Gasteiger partial charge in [-0.2, -0.15) is 0 Å². The lowest BCUT2D eigenvalue weighted by Gasteiger charge is -2.16. The third-order valence-corrected chi connectivity index (χ3v) is 3.14. The highest BCUT2D eigenvalue weighted by molar-refractivity contribution is 6.01. The topological polar surface area (TPSA) is 127 Å². The van der Waals surface area contributed by atoms with E-state index in [0.717, 1.165) is 6.07 Å². The summed E-state index contributed by atoms with van der Waals surface area (Å²) >= 11 is 0. The van der Waals surface area contributed by atoms with Gasteiger partial charge in [-0.05, 0) is 19.9 Å². The molecule has 134 valence electrons. The second-order valence-corrected chi connectivity index (χ2v) is 4.71. The van der Waals surface area contributed by atoms with Crippen molar-refractivity contribution in [1.82, 2.24) is 4.98 Å². The third kappa shape index (κ3) is 4.03. The molecule has 25 heavy (non-hydrogen) atoms. The van der Waals surface area contributed by atoms with E-state index in [9.17, 15) is 19.7 Å². The van der Waals surface area contributed by atoms with Gasteiger partial charge in [0.2, 0.25) is 5.92 Å².